The number of unbranched alkanes of at least 4 members (excludes halogenated alkanes) is 44. The molecule has 0 rings (SSSR count). The van der Waals surface area contributed by atoms with Crippen molar-refractivity contribution in [2.24, 2.45) is 5.73 Å². The number of esters is 2. The summed E-state index contributed by atoms with van der Waals surface area (Å²) in [7, 11) is -4.40. The molecular formula is C87H154NO8P. The summed E-state index contributed by atoms with van der Waals surface area (Å²) in [6.45, 7) is 3.67. The van der Waals surface area contributed by atoms with E-state index < -0.39 is 26.5 Å². The third-order valence-corrected chi connectivity index (χ3v) is 18.8. The van der Waals surface area contributed by atoms with Crippen LogP contribution in [0.15, 0.2) is 122 Å². The zero-order chi connectivity index (χ0) is 70.0. The van der Waals surface area contributed by atoms with E-state index in [9.17, 15) is 19.0 Å². The van der Waals surface area contributed by atoms with Crippen molar-refractivity contribution in [1.82, 2.24) is 0 Å². The van der Waals surface area contributed by atoms with E-state index in [0.29, 0.717) is 6.42 Å². The number of carbonyl (C=O) groups excluding carboxylic acids is 2. The molecule has 0 aromatic heterocycles. The number of hydrogen-bond acceptors (Lipinski definition) is 8. The van der Waals surface area contributed by atoms with Crippen LogP contribution in [0.1, 0.15) is 386 Å². The maximum atomic E-state index is 12.8. The third-order valence-electron chi connectivity index (χ3n) is 17.8. The van der Waals surface area contributed by atoms with Crippen molar-refractivity contribution < 1.29 is 37.6 Å². The van der Waals surface area contributed by atoms with Gasteiger partial charge in [-0.25, -0.2) is 4.57 Å². The van der Waals surface area contributed by atoms with Crippen LogP contribution >= 0.6 is 7.82 Å². The molecule has 0 aliphatic rings. The van der Waals surface area contributed by atoms with Crippen molar-refractivity contribution in [2.75, 3.05) is 26.4 Å². The van der Waals surface area contributed by atoms with Crippen LogP contribution in [0.4, 0.5) is 0 Å². The fourth-order valence-corrected chi connectivity index (χ4v) is 12.6. The van der Waals surface area contributed by atoms with Crippen LogP contribution in [-0.2, 0) is 32.7 Å². The fourth-order valence-electron chi connectivity index (χ4n) is 11.8. The lowest BCUT2D eigenvalue weighted by molar-refractivity contribution is -0.161. The van der Waals surface area contributed by atoms with Gasteiger partial charge in [0, 0.05) is 19.4 Å². The summed E-state index contributed by atoms with van der Waals surface area (Å²) in [5.41, 5.74) is 5.42. The largest absolute Gasteiger partial charge is 0.472 e. The Balaban J connectivity index is 3.83. The maximum absolute atomic E-state index is 12.8. The van der Waals surface area contributed by atoms with Gasteiger partial charge in [0.2, 0.25) is 0 Å². The van der Waals surface area contributed by atoms with Gasteiger partial charge in [0.05, 0.1) is 13.2 Å². The summed E-state index contributed by atoms with van der Waals surface area (Å²) in [6.07, 6.45) is 115. The van der Waals surface area contributed by atoms with Crippen LogP contribution in [0.2, 0.25) is 0 Å². The average Bonchev–Trinajstić information content (AvgIpc) is 2.88. The molecule has 0 bridgehead atoms. The summed E-state index contributed by atoms with van der Waals surface area (Å²) in [6, 6.07) is 0. The molecule has 0 heterocycles. The Labute approximate surface area is 600 Å². The lowest BCUT2D eigenvalue weighted by atomic mass is 10.0. The zero-order valence-corrected chi connectivity index (χ0v) is 64.2. The van der Waals surface area contributed by atoms with E-state index in [-0.39, 0.29) is 38.6 Å². The first-order chi connectivity index (χ1) is 47.8. The molecule has 9 nitrogen and oxygen atoms in total. The molecule has 0 saturated heterocycles. The van der Waals surface area contributed by atoms with Gasteiger partial charge in [-0.2, -0.15) is 0 Å². The number of carbonyl (C=O) groups is 2. The molecule has 0 aromatic carbocycles. The van der Waals surface area contributed by atoms with Crippen molar-refractivity contribution in [3.8, 4) is 0 Å². The van der Waals surface area contributed by atoms with Crippen molar-refractivity contribution in [2.45, 2.75) is 392 Å². The van der Waals surface area contributed by atoms with Crippen LogP contribution < -0.4 is 5.73 Å². The molecule has 0 amide bonds. The molecule has 560 valence electrons. The number of phosphoric ester groups is 1. The maximum Gasteiger partial charge on any atom is 0.472 e. The van der Waals surface area contributed by atoms with E-state index in [1.165, 1.54) is 250 Å². The van der Waals surface area contributed by atoms with E-state index in [2.05, 4.69) is 135 Å². The first kappa shape index (κ1) is 93.4. The summed E-state index contributed by atoms with van der Waals surface area (Å²) in [4.78, 5) is 35.5. The molecular weight excluding hydrogens is 1220 g/mol. The molecule has 0 aromatic rings. The van der Waals surface area contributed by atoms with Crippen molar-refractivity contribution in [3.05, 3.63) is 122 Å². The monoisotopic (exact) mass is 1370 g/mol. The predicted octanol–water partition coefficient (Wildman–Crippen LogP) is 27.8. The van der Waals surface area contributed by atoms with E-state index in [4.69, 9.17) is 24.3 Å². The van der Waals surface area contributed by atoms with Crippen LogP contribution in [0.5, 0.6) is 0 Å². The smallest absolute Gasteiger partial charge is 0.462 e. The Kier molecular flexibility index (Phi) is 78.4. The Morgan fingerprint density at radius 3 is 0.856 bits per heavy atom. The van der Waals surface area contributed by atoms with Crippen LogP contribution in [0, 0.1) is 0 Å². The second-order valence-corrected chi connectivity index (χ2v) is 28.7. The zero-order valence-electron chi connectivity index (χ0n) is 63.3. The quantitative estimate of drug-likeness (QED) is 0.0264. The molecule has 97 heavy (non-hydrogen) atoms. The molecule has 3 N–H and O–H groups in total. The first-order valence-corrected chi connectivity index (χ1v) is 42.5. The van der Waals surface area contributed by atoms with E-state index in [1.54, 1.807) is 0 Å². The Morgan fingerprint density at radius 2 is 0.567 bits per heavy atom. The van der Waals surface area contributed by atoms with Gasteiger partial charge in [-0.3, -0.25) is 18.6 Å². The summed E-state index contributed by atoms with van der Waals surface area (Å²) in [5, 5.41) is 0. The summed E-state index contributed by atoms with van der Waals surface area (Å²) in [5.74, 6) is -0.820. The highest BCUT2D eigenvalue weighted by Gasteiger charge is 2.26. The summed E-state index contributed by atoms with van der Waals surface area (Å²) < 4.78 is 33.3. The molecule has 0 spiro atoms. The number of hydrogen-bond donors (Lipinski definition) is 2. The van der Waals surface area contributed by atoms with Crippen LogP contribution in [-0.4, -0.2) is 49.3 Å². The van der Waals surface area contributed by atoms with Gasteiger partial charge in [-0.15, -0.1) is 0 Å². The van der Waals surface area contributed by atoms with Gasteiger partial charge >= 0.3 is 19.8 Å². The first-order valence-electron chi connectivity index (χ1n) is 41.0. The second kappa shape index (κ2) is 81.4. The number of ether oxygens (including phenoxy) is 2. The Bertz CT molecular complexity index is 2020. The van der Waals surface area contributed by atoms with Gasteiger partial charge in [0.25, 0.3) is 0 Å². The van der Waals surface area contributed by atoms with E-state index in [1.807, 2.05) is 0 Å². The van der Waals surface area contributed by atoms with Gasteiger partial charge in [-0.1, -0.05) is 386 Å². The Hall–Kier alpha value is -3.59. The number of rotatable bonds is 77. The number of nitrogens with two attached hydrogens (primary N) is 1. The minimum atomic E-state index is -4.40. The van der Waals surface area contributed by atoms with E-state index >= 15 is 0 Å². The highest BCUT2D eigenvalue weighted by molar-refractivity contribution is 7.47. The summed E-state index contributed by atoms with van der Waals surface area (Å²) >= 11 is 0. The highest BCUT2D eigenvalue weighted by Crippen LogP contribution is 2.43. The van der Waals surface area contributed by atoms with Crippen molar-refractivity contribution in [1.29, 1.82) is 0 Å². The lowest BCUT2D eigenvalue weighted by Gasteiger charge is -2.19. The molecule has 2 atom stereocenters. The van der Waals surface area contributed by atoms with Crippen LogP contribution in [0.25, 0.3) is 0 Å². The average molecular weight is 1370 g/mol. The molecule has 0 radical (unpaired) electrons. The van der Waals surface area contributed by atoms with E-state index in [0.717, 1.165) is 103 Å². The fraction of sp³-hybridized carbons (Fsp3) is 0.747. The third kappa shape index (κ3) is 81.3. The normalized spacial score (nSPS) is 13.5. The van der Waals surface area contributed by atoms with Gasteiger partial charge in [0.1, 0.15) is 6.61 Å². The molecule has 0 fully saturated rings. The molecule has 0 aliphatic carbocycles. The van der Waals surface area contributed by atoms with Crippen molar-refractivity contribution >= 4 is 19.8 Å². The predicted molar refractivity (Wildman–Crippen MR) is 422 cm³/mol. The van der Waals surface area contributed by atoms with Gasteiger partial charge < -0.3 is 20.1 Å². The lowest BCUT2D eigenvalue weighted by Crippen LogP contribution is -2.29. The SMILES string of the molecule is CC/C=C\C/C=C\C/C=C\C/C=C\C/C=C\C/C=C\C/C=C\C/C=C\C/C=C\CCCCCCCCCCCCCC(=O)OC(COC(=O)CCCCCCCCCCCCCCCCCCCCCCCCCCC/C=C\CCCCCCCCCC)COP(=O)(O)OCCN. The molecule has 10 heteroatoms. The van der Waals surface area contributed by atoms with Gasteiger partial charge in [-0.05, 0) is 109 Å². The van der Waals surface area contributed by atoms with Gasteiger partial charge in [0.15, 0.2) is 6.10 Å². The Morgan fingerprint density at radius 1 is 0.320 bits per heavy atom. The molecule has 2 unspecified atom stereocenters. The molecule has 0 saturated carbocycles. The van der Waals surface area contributed by atoms with Crippen LogP contribution in [0.3, 0.4) is 0 Å². The minimum Gasteiger partial charge on any atom is -0.462 e. The standard InChI is InChI=1S/C87H154NO8P/c1-3-5-7-9-11-13-15-17-19-21-23-25-27-29-31-33-35-37-39-41-42-44-46-48-50-52-54-56-58-60-62-64-66-68-70-72-74-76-78-80-87(90)96-85(84-95-97(91,92)94-82-81-88)83-93-86(89)79-77-75-73-71-69-67-65-63-61-59-57-55-53-51-49-47-45-43-40-38-36-34-32-30-28-26-24-22-20-18-16-14-12-10-8-6-4-2/h5,7,11,13,17,19,22-25,29,31,35,37,41-42,46,48,52,54,85H,3-4,6,8-10,12,14-16,18,20-21,26-28,30,32-34,36,38-40,43-45,47,49-51,53,55-84,88H2,1-2H3,(H,91,92)/b7-5-,13-11-,19-17-,24-22-,25-23-,31-29-,37-35-,42-41-,48-46-,54-52-. The van der Waals surface area contributed by atoms with Crippen molar-refractivity contribution in [3.63, 3.8) is 0 Å². The number of allylic oxidation sites excluding steroid dienone is 20. The number of phosphoric acid groups is 1. The highest BCUT2D eigenvalue weighted by atomic mass is 31.2. The topological polar surface area (TPSA) is 134 Å². The minimum absolute atomic E-state index is 0.0500. The molecule has 0 aliphatic heterocycles. The second-order valence-electron chi connectivity index (χ2n) is 27.3.